The summed E-state index contributed by atoms with van der Waals surface area (Å²) in [6.07, 6.45) is 1.35. The fourth-order valence-corrected chi connectivity index (χ4v) is 0.526. The summed E-state index contributed by atoms with van der Waals surface area (Å²) in [6.45, 7) is -0.0306. The second-order valence-corrected chi connectivity index (χ2v) is 1.77. The van der Waals surface area contributed by atoms with Gasteiger partial charge in [0.2, 0.25) is 5.91 Å². The number of carbonyl (C=O) groups is 1. The SMILES string of the molecule is NC(=O)Cn1ncc(N)n1. The monoisotopic (exact) mass is 141 g/mol. The topological polar surface area (TPSA) is 99.8 Å². The highest BCUT2D eigenvalue weighted by atomic mass is 16.1. The first-order valence-electron chi connectivity index (χ1n) is 2.62. The molecule has 6 nitrogen and oxygen atoms in total. The number of hydrogen-bond donors (Lipinski definition) is 2. The van der Waals surface area contributed by atoms with Crippen molar-refractivity contribution in [3.8, 4) is 0 Å². The molecular weight excluding hydrogens is 134 g/mol. The molecule has 0 aromatic carbocycles. The van der Waals surface area contributed by atoms with Gasteiger partial charge in [0.1, 0.15) is 6.54 Å². The van der Waals surface area contributed by atoms with Crippen LogP contribution in [0.1, 0.15) is 0 Å². The Bertz CT molecular complexity index is 242. The molecule has 0 unspecified atom stereocenters. The quantitative estimate of drug-likeness (QED) is 0.515. The van der Waals surface area contributed by atoms with Gasteiger partial charge in [0, 0.05) is 0 Å². The van der Waals surface area contributed by atoms with Gasteiger partial charge in [-0.05, 0) is 0 Å². The number of primary amides is 1. The molecule has 0 fully saturated rings. The molecule has 0 aliphatic rings. The summed E-state index contributed by atoms with van der Waals surface area (Å²) in [5.74, 6) is -0.211. The van der Waals surface area contributed by atoms with E-state index >= 15 is 0 Å². The van der Waals surface area contributed by atoms with Gasteiger partial charge in [-0.1, -0.05) is 0 Å². The van der Waals surface area contributed by atoms with Crippen LogP contribution in [0.4, 0.5) is 5.82 Å². The van der Waals surface area contributed by atoms with Crippen LogP contribution in [0, 0.1) is 0 Å². The lowest BCUT2D eigenvalue weighted by Gasteiger charge is -1.90. The van der Waals surface area contributed by atoms with Gasteiger partial charge in [-0.15, -0.1) is 5.10 Å². The predicted molar refractivity (Wildman–Crippen MR) is 33.6 cm³/mol. The number of carbonyl (C=O) groups excluding carboxylic acids is 1. The van der Waals surface area contributed by atoms with Gasteiger partial charge in [-0.25, -0.2) is 0 Å². The molecule has 54 valence electrons. The maximum atomic E-state index is 10.3. The van der Waals surface area contributed by atoms with E-state index in [1.165, 1.54) is 6.20 Å². The minimum atomic E-state index is -0.490. The molecule has 1 aromatic heterocycles. The first-order valence-corrected chi connectivity index (χ1v) is 2.62. The van der Waals surface area contributed by atoms with Crippen molar-refractivity contribution in [2.45, 2.75) is 6.54 Å². The van der Waals surface area contributed by atoms with E-state index < -0.39 is 5.91 Å². The number of nitrogens with zero attached hydrogens (tertiary/aromatic N) is 3. The Morgan fingerprint density at radius 3 is 2.90 bits per heavy atom. The number of aromatic nitrogens is 3. The summed E-state index contributed by atoms with van der Waals surface area (Å²) in [4.78, 5) is 11.4. The van der Waals surface area contributed by atoms with Crippen LogP contribution >= 0.6 is 0 Å². The molecule has 10 heavy (non-hydrogen) atoms. The van der Waals surface area contributed by atoms with Crippen molar-refractivity contribution in [2.24, 2.45) is 5.73 Å². The number of nitrogen functional groups attached to an aromatic ring is 1. The molecule has 0 atom stereocenters. The zero-order valence-electron chi connectivity index (χ0n) is 5.19. The Hall–Kier alpha value is -1.59. The fourth-order valence-electron chi connectivity index (χ4n) is 0.526. The lowest BCUT2D eigenvalue weighted by molar-refractivity contribution is -0.118. The molecule has 1 heterocycles. The highest BCUT2D eigenvalue weighted by Gasteiger charge is 1.98. The molecule has 0 aliphatic heterocycles. The molecule has 0 aliphatic carbocycles. The fraction of sp³-hybridized carbons (Fsp3) is 0.250. The largest absolute Gasteiger partial charge is 0.381 e. The number of nitrogens with two attached hydrogens (primary N) is 2. The lowest BCUT2D eigenvalue weighted by atomic mass is 10.6. The summed E-state index contributed by atoms with van der Waals surface area (Å²) in [5.41, 5.74) is 10.1. The Labute approximate surface area is 56.8 Å². The van der Waals surface area contributed by atoms with E-state index in [4.69, 9.17) is 11.5 Å². The van der Waals surface area contributed by atoms with Crippen molar-refractivity contribution < 1.29 is 4.79 Å². The van der Waals surface area contributed by atoms with Crippen LogP contribution in [0.2, 0.25) is 0 Å². The first kappa shape index (κ1) is 6.53. The molecule has 4 N–H and O–H groups in total. The second-order valence-electron chi connectivity index (χ2n) is 1.77. The van der Waals surface area contributed by atoms with Gasteiger partial charge in [0.15, 0.2) is 5.82 Å². The standard InChI is InChI=1S/C4H7N5O/c5-3-1-7-9(8-3)2-4(6)10/h1H,2H2,(H2,5,8)(H2,6,10). The summed E-state index contributed by atoms with van der Waals surface area (Å²) in [7, 11) is 0. The summed E-state index contributed by atoms with van der Waals surface area (Å²) < 4.78 is 0. The van der Waals surface area contributed by atoms with E-state index in [9.17, 15) is 4.79 Å². The molecule has 6 heteroatoms. The highest BCUT2D eigenvalue weighted by Crippen LogP contribution is 1.88. The Morgan fingerprint density at radius 1 is 1.80 bits per heavy atom. The van der Waals surface area contributed by atoms with E-state index in [1.807, 2.05) is 0 Å². The third-order valence-electron chi connectivity index (χ3n) is 0.851. The molecule has 0 saturated carbocycles. The Kier molecular flexibility index (Phi) is 1.53. The van der Waals surface area contributed by atoms with E-state index in [2.05, 4.69) is 10.2 Å². The van der Waals surface area contributed by atoms with Crippen LogP contribution in [-0.4, -0.2) is 20.9 Å². The molecule has 0 radical (unpaired) electrons. The van der Waals surface area contributed by atoms with E-state index in [0.717, 1.165) is 4.80 Å². The smallest absolute Gasteiger partial charge is 0.241 e. The highest BCUT2D eigenvalue weighted by molar-refractivity contribution is 5.73. The maximum absolute atomic E-state index is 10.3. The van der Waals surface area contributed by atoms with E-state index in [-0.39, 0.29) is 12.4 Å². The van der Waals surface area contributed by atoms with Crippen molar-refractivity contribution in [2.75, 3.05) is 5.73 Å². The van der Waals surface area contributed by atoms with Crippen LogP contribution < -0.4 is 11.5 Å². The average Bonchev–Trinajstić information content (AvgIpc) is 2.13. The molecular formula is C4H7N5O. The predicted octanol–water partition coefficient (Wildman–Crippen LogP) is -1.65. The minimum absolute atomic E-state index is 0.0306. The third kappa shape index (κ3) is 1.44. The van der Waals surface area contributed by atoms with Crippen molar-refractivity contribution in [3.05, 3.63) is 6.20 Å². The van der Waals surface area contributed by atoms with Gasteiger partial charge < -0.3 is 11.5 Å². The zero-order valence-corrected chi connectivity index (χ0v) is 5.19. The van der Waals surface area contributed by atoms with Crippen LogP contribution in [-0.2, 0) is 11.3 Å². The molecule has 0 saturated heterocycles. The van der Waals surface area contributed by atoms with Gasteiger partial charge in [-0.3, -0.25) is 4.79 Å². The molecule has 1 amide bonds. The van der Waals surface area contributed by atoms with Gasteiger partial charge in [-0.2, -0.15) is 9.90 Å². The summed E-state index contributed by atoms with van der Waals surface area (Å²) >= 11 is 0. The summed E-state index contributed by atoms with van der Waals surface area (Å²) in [6, 6.07) is 0. The maximum Gasteiger partial charge on any atom is 0.241 e. The summed E-state index contributed by atoms with van der Waals surface area (Å²) in [5, 5.41) is 7.27. The van der Waals surface area contributed by atoms with Crippen LogP contribution in [0.3, 0.4) is 0 Å². The van der Waals surface area contributed by atoms with Crippen molar-refractivity contribution in [3.63, 3.8) is 0 Å². The van der Waals surface area contributed by atoms with Crippen LogP contribution in [0.5, 0.6) is 0 Å². The van der Waals surface area contributed by atoms with Gasteiger partial charge >= 0.3 is 0 Å². The Morgan fingerprint density at radius 2 is 2.50 bits per heavy atom. The third-order valence-corrected chi connectivity index (χ3v) is 0.851. The molecule has 0 spiro atoms. The Balaban J connectivity index is 2.67. The number of hydrogen-bond acceptors (Lipinski definition) is 4. The van der Waals surface area contributed by atoms with Gasteiger partial charge in [0.25, 0.3) is 0 Å². The molecule has 0 bridgehead atoms. The number of rotatable bonds is 2. The van der Waals surface area contributed by atoms with Crippen LogP contribution in [0.25, 0.3) is 0 Å². The van der Waals surface area contributed by atoms with Crippen molar-refractivity contribution in [1.82, 2.24) is 15.0 Å². The number of anilines is 1. The van der Waals surface area contributed by atoms with Gasteiger partial charge in [0.05, 0.1) is 6.20 Å². The normalized spacial score (nSPS) is 9.60. The molecule has 1 rings (SSSR count). The van der Waals surface area contributed by atoms with Crippen molar-refractivity contribution >= 4 is 11.7 Å². The lowest BCUT2D eigenvalue weighted by Crippen LogP contribution is -2.20. The van der Waals surface area contributed by atoms with E-state index in [0.29, 0.717) is 0 Å². The average molecular weight is 141 g/mol. The second kappa shape index (κ2) is 2.34. The van der Waals surface area contributed by atoms with E-state index in [1.54, 1.807) is 0 Å². The van der Waals surface area contributed by atoms with Crippen molar-refractivity contribution in [1.29, 1.82) is 0 Å². The zero-order chi connectivity index (χ0) is 7.56. The van der Waals surface area contributed by atoms with Crippen LogP contribution in [0.15, 0.2) is 6.20 Å². The first-order chi connectivity index (χ1) is 4.68. The number of amides is 1. The molecule has 1 aromatic rings. The minimum Gasteiger partial charge on any atom is -0.381 e.